The summed E-state index contributed by atoms with van der Waals surface area (Å²) in [4.78, 5) is 18.2. The van der Waals surface area contributed by atoms with E-state index in [9.17, 15) is 0 Å². The van der Waals surface area contributed by atoms with Crippen molar-refractivity contribution in [1.82, 2.24) is 0 Å². The molecule has 4 heteroatoms. The van der Waals surface area contributed by atoms with Crippen molar-refractivity contribution in [1.29, 1.82) is 0 Å². The van der Waals surface area contributed by atoms with Gasteiger partial charge in [0, 0.05) is 5.57 Å². The van der Waals surface area contributed by atoms with Gasteiger partial charge in [-0.3, -0.25) is 0 Å². The van der Waals surface area contributed by atoms with Crippen LogP contribution in [-0.2, 0) is 4.52 Å². The van der Waals surface area contributed by atoms with Crippen LogP contribution in [0.5, 0.6) is 0 Å². The lowest BCUT2D eigenvalue weighted by Crippen LogP contribution is -2.09. The van der Waals surface area contributed by atoms with E-state index in [0.717, 1.165) is 17.6 Å². The van der Waals surface area contributed by atoms with E-state index < -0.39 is 8.60 Å². The van der Waals surface area contributed by atoms with E-state index >= 15 is 0 Å². The van der Waals surface area contributed by atoms with Crippen LogP contribution in [0.4, 0.5) is 0 Å². The second-order valence-electron chi connectivity index (χ2n) is 5.35. The molecule has 0 aliphatic heterocycles. The minimum atomic E-state index is -2.38. The quantitative estimate of drug-likeness (QED) is 0.732. The monoisotopic (exact) mass is 282 g/mol. The summed E-state index contributed by atoms with van der Waals surface area (Å²) < 4.78 is 5.20. The first-order chi connectivity index (χ1) is 8.75. The number of hydrogen-bond acceptors (Lipinski definition) is 3. The van der Waals surface area contributed by atoms with Gasteiger partial charge >= 0.3 is 8.60 Å². The van der Waals surface area contributed by atoms with Crippen LogP contribution < -0.4 is 0 Å². The predicted molar refractivity (Wildman–Crippen MR) is 80.3 cm³/mol. The molecule has 0 aromatic heterocycles. The molecule has 0 heterocycles. The molecular weight excluding hydrogens is 259 g/mol. The van der Waals surface area contributed by atoms with Gasteiger partial charge in [-0.15, -0.1) is 0 Å². The summed E-state index contributed by atoms with van der Waals surface area (Å²) in [6.07, 6.45) is 2.69. The summed E-state index contributed by atoms with van der Waals surface area (Å²) in [7, 11) is -2.38. The van der Waals surface area contributed by atoms with Gasteiger partial charge < -0.3 is 14.3 Å². The standard InChI is InChI=1S/C15H23O3P/c1-9(2)12-7-8-13(18-19(16)17)15(11(5)6)14(12)10(3)4/h8,16-17H,7H2,1-6H3. The highest BCUT2D eigenvalue weighted by Crippen LogP contribution is 2.43. The lowest BCUT2D eigenvalue weighted by atomic mass is 9.82. The van der Waals surface area contributed by atoms with Gasteiger partial charge in [-0.1, -0.05) is 16.7 Å². The van der Waals surface area contributed by atoms with Crippen molar-refractivity contribution >= 4 is 8.60 Å². The summed E-state index contributed by atoms with van der Waals surface area (Å²) in [5, 5.41) is 0. The summed E-state index contributed by atoms with van der Waals surface area (Å²) in [5.74, 6) is 0.581. The van der Waals surface area contributed by atoms with Crippen LogP contribution in [0.2, 0.25) is 0 Å². The van der Waals surface area contributed by atoms with Crippen molar-refractivity contribution in [2.75, 3.05) is 0 Å². The van der Waals surface area contributed by atoms with Crippen molar-refractivity contribution in [3.8, 4) is 0 Å². The van der Waals surface area contributed by atoms with Gasteiger partial charge in [0.25, 0.3) is 0 Å². The molecule has 0 saturated carbocycles. The van der Waals surface area contributed by atoms with Crippen LogP contribution >= 0.6 is 8.60 Å². The third-order valence-electron chi connectivity index (χ3n) is 3.07. The zero-order valence-electron chi connectivity index (χ0n) is 12.5. The molecule has 3 nitrogen and oxygen atoms in total. The highest BCUT2D eigenvalue weighted by atomic mass is 31.2. The van der Waals surface area contributed by atoms with Crippen molar-refractivity contribution in [3.05, 3.63) is 45.3 Å². The van der Waals surface area contributed by atoms with Crippen LogP contribution in [0.1, 0.15) is 48.0 Å². The molecule has 1 rings (SSSR count). The van der Waals surface area contributed by atoms with Gasteiger partial charge in [-0.2, -0.15) is 0 Å². The maximum Gasteiger partial charge on any atom is 0.391 e. The lowest BCUT2D eigenvalue weighted by molar-refractivity contribution is 0.322. The van der Waals surface area contributed by atoms with Gasteiger partial charge in [0.15, 0.2) is 0 Å². The first-order valence-corrected chi connectivity index (χ1v) is 7.50. The Morgan fingerprint density at radius 2 is 1.47 bits per heavy atom. The average molecular weight is 282 g/mol. The van der Waals surface area contributed by atoms with E-state index in [0.29, 0.717) is 5.76 Å². The van der Waals surface area contributed by atoms with Gasteiger partial charge in [-0.25, -0.2) is 0 Å². The molecule has 2 N–H and O–H groups in total. The van der Waals surface area contributed by atoms with E-state index in [4.69, 9.17) is 14.3 Å². The number of allylic oxidation sites excluding steroid dienone is 6. The van der Waals surface area contributed by atoms with Crippen molar-refractivity contribution in [3.63, 3.8) is 0 Å². The van der Waals surface area contributed by atoms with Gasteiger partial charge in [-0.05, 0) is 65.2 Å². The average Bonchev–Trinajstić information content (AvgIpc) is 2.26. The van der Waals surface area contributed by atoms with E-state index in [-0.39, 0.29) is 0 Å². The van der Waals surface area contributed by atoms with E-state index in [2.05, 4.69) is 27.7 Å². The van der Waals surface area contributed by atoms with Crippen molar-refractivity contribution in [2.45, 2.75) is 48.0 Å². The minimum Gasteiger partial charge on any atom is -0.427 e. The highest BCUT2D eigenvalue weighted by molar-refractivity contribution is 7.39. The fraction of sp³-hybridized carbons (Fsp3) is 0.467. The molecule has 0 unspecified atom stereocenters. The number of rotatable bonds is 2. The van der Waals surface area contributed by atoms with Crippen LogP contribution in [-0.4, -0.2) is 9.79 Å². The second kappa shape index (κ2) is 6.51. The molecular formula is C15H23O3P. The molecule has 19 heavy (non-hydrogen) atoms. The molecule has 106 valence electrons. The molecule has 1 aliphatic carbocycles. The smallest absolute Gasteiger partial charge is 0.391 e. The fourth-order valence-corrected chi connectivity index (χ4v) is 2.69. The SMILES string of the molecule is CC(C)=C1CC=C(OP(O)O)C(=C(C)C)C1=C(C)C. The van der Waals surface area contributed by atoms with Crippen molar-refractivity contribution < 1.29 is 14.3 Å². The highest BCUT2D eigenvalue weighted by Gasteiger charge is 2.25. The summed E-state index contributed by atoms with van der Waals surface area (Å²) in [5.41, 5.74) is 7.05. The maximum atomic E-state index is 9.11. The topological polar surface area (TPSA) is 49.7 Å². The second-order valence-corrected chi connectivity index (χ2v) is 6.03. The van der Waals surface area contributed by atoms with E-state index in [1.54, 1.807) is 0 Å². The molecule has 0 amide bonds. The molecule has 1 aliphatic rings. The largest absolute Gasteiger partial charge is 0.427 e. The molecule has 0 fully saturated rings. The Morgan fingerprint density at radius 3 is 1.84 bits per heavy atom. The zero-order valence-corrected chi connectivity index (χ0v) is 13.4. The maximum absolute atomic E-state index is 9.11. The molecule has 0 radical (unpaired) electrons. The number of hydrogen-bond donors (Lipinski definition) is 2. The fourth-order valence-electron chi connectivity index (χ4n) is 2.35. The van der Waals surface area contributed by atoms with Crippen LogP contribution in [0, 0.1) is 0 Å². The Hall–Kier alpha value is -0.890. The van der Waals surface area contributed by atoms with Crippen LogP contribution in [0.3, 0.4) is 0 Å². The third-order valence-corrected chi connectivity index (χ3v) is 3.43. The zero-order chi connectivity index (χ0) is 14.7. The summed E-state index contributed by atoms with van der Waals surface area (Å²) >= 11 is 0. The Bertz CT molecular complexity index is 482. The Labute approximate surface area is 117 Å². The molecule has 0 atom stereocenters. The van der Waals surface area contributed by atoms with Crippen LogP contribution in [0.15, 0.2) is 45.3 Å². The Kier molecular flexibility index (Phi) is 5.54. The van der Waals surface area contributed by atoms with Gasteiger partial charge in [0.05, 0.1) is 0 Å². The lowest BCUT2D eigenvalue weighted by Gasteiger charge is -2.27. The third kappa shape index (κ3) is 3.79. The summed E-state index contributed by atoms with van der Waals surface area (Å²) in [6.45, 7) is 12.4. The Morgan fingerprint density at radius 1 is 0.947 bits per heavy atom. The summed E-state index contributed by atoms with van der Waals surface area (Å²) in [6, 6.07) is 0. The van der Waals surface area contributed by atoms with Crippen molar-refractivity contribution in [2.24, 2.45) is 0 Å². The minimum absolute atomic E-state index is 0.581. The van der Waals surface area contributed by atoms with E-state index in [1.807, 2.05) is 19.9 Å². The van der Waals surface area contributed by atoms with Gasteiger partial charge in [0.2, 0.25) is 0 Å². The normalized spacial score (nSPS) is 15.6. The Balaban J connectivity index is 3.49. The molecule has 0 saturated heterocycles. The molecule has 0 aromatic rings. The predicted octanol–water partition coefficient (Wildman–Crippen LogP) is 4.51. The first-order valence-electron chi connectivity index (χ1n) is 6.34. The molecule has 0 aromatic carbocycles. The molecule has 0 bridgehead atoms. The molecule has 0 spiro atoms. The van der Waals surface area contributed by atoms with Crippen LogP contribution in [0.25, 0.3) is 0 Å². The van der Waals surface area contributed by atoms with Gasteiger partial charge in [0.1, 0.15) is 5.76 Å². The van der Waals surface area contributed by atoms with E-state index in [1.165, 1.54) is 22.3 Å². The first kappa shape index (κ1) is 16.2.